The second kappa shape index (κ2) is 7.12. The van der Waals surface area contributed by atoms with Crippen molar-refractivity contribution in [3.05, 3.63) is 11.8 Å². The summed E-state index contributed by atoms with van der Waals surface area (Å²) in [5, 5.41) is 8.63. The largest absolute Gasteiger partial charge is 0.475 e. The number of aliphatic carboxylic acids is 1. The average Bonchev–Trinajstić information content (AvgIpc) is 2.09. The van der Waals surface area contributed by atoms with E-state index in [1.165, 1.54) is 13.0 Å². The molecule has 0 unspecified atom stereocenters. The summed E-state index contributed by atoms with van der Waals surface area (Å²) in [5.74, 6) is -2.07. The van der Waals surface area contributed by atoms with Crippen molar-refractivity contribution in [2.45, 2.75) is 39.5 Å². The molecule has 0 aromatic carbocycles. The molecule has 14 heavy (non-hydrogen) atoms. The zero-order valence-corrected chi connectivity index (χ0v) is 8.58. The Bertz CT molecular complexity index is 230. The lowest BCUT2D eigenvalue weighted by Gasteiger charge is -2.01. The van der Waals surface area contributed by atoms with Gasteiger partial charge in [-0.05, 0) is 18.9 Å². The van der Waals surface area contributed by atoms with Gasteiger partial charge in [0.1, 0.15) is 0 Å². The van der Waals surface area contributed by atoms with Crippen LogP contribution in [0.5, 0.6) is 0 Å². The van der Waals surface area contributed by atoms with Crippen LogP contribution in [-0.2, 0) is 14.3 Å². The summed E-state index contributed by atoms with van der Waals surface area (Å²) in [5.41, 5.74) is 0. The van der Waals surface area contributed by atoms with E-state index in [1.807, 2.05) is 0 Å². The maximum atomic E-state index is 10.6. The third-order valence-electron chi connectivity index (χ3n) is 1.60. The van der Waals surface area contributed by atoms with Crippen molar-refractivity contribution in [1.29, 1.82) is 0 Å². The molecule has 0 heterocycles. The predicted octanol–water partition coefficient (Wildman–Crippen LogP) is 2.10. The second-order valence-electron chi connectivity index (χ2n) is 2.96. The highest BCUT2D eigenvalue weighted by atomic mass is 16.6. The smallest absolute Gasteiger partial charge is 0.371 e. The fourth-order valence-corrected chi connectivity index (χ4v) is 0.955. The molecule has 0 spiro atoms. The summed E-state index contributed by atoms with van der Waals surface area (Å²) < 4.78 is 4.51. The molecule has 0 rings (SSSR count). The van der Waals surface area contributed by atoms with Crippen molar-refractivity contribution in [3.63, 3.8) is 0 Å². The summed E-state index contributed by atoms with van der Waals surface area (Å²) in [6.45, 7) is 3.25. The Balaban J connectivity index is 4.06. The van der Waals surface area contributed by atoms with Gasteiger partial charge in [-0.1, -0.05) is 19.8 Å². The van der Waals surface area contributed by atoms with Crippen LogP contribution < -0.4 is 0 Å². The van der Waals surface area contributed by atoms with E-state index >= 15 is 0 Å². The van der Waals surface area contributed by atoms with Crippen LogP contribution in [0.3, 0.4) is 0 Å². The molecule has 0 radical (unpaired) electrons. The lowest BCUT2D eigenvalue weighted by Crippen LogP contribution is -2.08. The van der Waals surface area contributed by atoms with Crippen LogP contribution in [0.25, 0.3) is 0 Å². The van der Waals surface area contributed by atoms with Gasteiger partial charge >= 0.3 is 11.9 Å². The first-order valence-corrected chi connectivity index (χ1v) is 4.69. The highest BCUT2D eigenvalue weighted by Crippen LogP contribution is 2.05. The van der Waals surface area contributed by atoms with Gasteiger partial charge in [0.15, 0.2) is 0 Å². The molecule has 0 saturated carbocycles. The Morgan fingerprint density at radius 1 is 1.36 bits per heavy atom. The topological polar surface area (TPSA) is 63.6 Å². The number of carboxylic acid groups (broad SMARTS) is 1. The van der Waals surface area contributed by atoms with Gasteiger partial charge in [0.25, 0.3) is 0 Å². The monoisotopic (exact) mass is 200 g/mol. The SMILES string of the molecule is CCCCC/C=C(\OC(C)=O)C(=O)O. The van der Waals surface area contributed by atoms with Crippen molar-refractivity contribution in [3.8, 4) is 0 Å². The third kappa shape index (κ3) is 6.22. The van der Waals surface area contributed by atoms with Crippen LogP contribution in [0, 0.1) is 0 Å². The van der Waals surface area contributed by atoms with Crippen molar-refractivity contribution < 1.29 is 19.4 Å². The van der Waals surface area contributed by atoms with Crippen LogP contribution in [0.2, 0.25) is 0 Å². The molecule has 0 aliphatic heterocycles. The Morgan fingerprint density at radius 3 is 2.43 bits per heavy atom. The molecule has 0 atom stereocenters. The van der Waals surface area contributed by atoms with Gasteiger partial charge in [-0.25, -0.2) is 4.79 Å². The zero-order valence-electron chi connectivity index (χ0n) is 8.58. The first-order chi connectivity index (χ1) is 6.57. The number of carbonyl (C=O) groups excluding carboxylic acids is 1. The lowest BCUT2D eigenvalue weighted by atomic mass is 10.2. The number of carboxylic acids is 1. The van der Waals surface area contributed by atoms with Gasteiger partial charge in [-0.2, -0.15) is 0 Å². The summed E-state index contributed by atoms with van der Waals surface area (Å²) in [6, 6.07) is 0. The molecule has 4 nitrogen and oxygen atoms in total. The molecule has 0 aromatic rings. The van der Waals surface area contributed by atoms with Gasteiger partial charge in [0, 0.05) is 6.92 Å². The molecule has 4 heteroatoms. The Morgan fingerprint density at radius 2 is 2.00 bits per heavy atom. The van der Waals surface area contributed by atoms with Crippen LogP contribution in [0.1, 0.15) is 39.5 Å². The maximum Gasteiger partial charge on any atom is 0.371 e. The molecule has 0 fully saturated rings. The predicted molar refractivity (Wildman–Crippen MR) is 51.6 cm³/mol. The minimum absolute atomic E-state index is 0.270. The van der Waals surface area contributed by atoms with Crippen molar-refractivity contribution >= 4 is 11.9 Å². The molecule has 0 aliphatic carbocycles. The molecule has 0 amide bonds. The molecular weight excluding hydrogens is 184 g/mol. The Labute approximate surface area is 83.6 Å². The van der Waals surface area contributed by atoms with E-state index in [4.69, 9.17) is 5.11 Å². The molecule has 0 bridgehead atoms. The third-order valence-corrected chi connectivity index (χ3v) is 1.60. The van der Waals surface area contributed by atoms with E-state index in [0.29, 0.717) is 6.42 Å². The minimum atomic E-state index is -1.20. The number of hydrogen-bond donors (Lipinski definition) is 1. The van der Waals surface area contributed by atoms with Crippen molar-refractivity contribution in [2.24, 2.45) is 0 Å². The standard InChI is InChI=1S/C10H16O4/c1-3-4-5-6-7-9(10(12)13)14-8(2)11/h7H,3-6H2,1-2H3,(H,12,13)/b9-7-. The molecular formula is C10H16O4. The van der Waals surface area contributed by atoms with E-state index in [9.17, 15) is 9.59 Å². The van der Waals surface area contributed by atoms with E-state index in [-0.39, 0.29) is 5.76 Å². The zero-order chi connectivity index (χ0) is 11.0. The first-order valence-electron chi connectivity index (χ1n) is 4.69. The van der Waals surface area contributed by atoms with Gasteiger partial charge < -0.3 is 9.84 Å². The highest BCUT2D eigenvalue weighted by molar-refractivity contribution is 5.87. The van der Waals surface area contributed by atoms with E-state index in [0.717, 1.165) is 19.3 Å². The number of allylic oxidation sites excluding steroid dienone is 1. The summed E-state index contributed by atoms with van der Waals surface area (Å²) >= 11 is 0. The molecule has 0 aromatic heterocycles. The number of ether oxygens (including phenoxy) is 1. The Hall–Kier alpha value is -1.32. The van der Waals surface area contributed by atoms with Gasteiger partial charge in [-0.3, -0.25) is 4.79 Å². The number of unbranched alkanes of at least 4 members (excludes halogenated alkanes) is 3. The lowest BCUT2D eigenvalue weighted by molar-refractivity contribution is -0.146. The van der Waals surface area contributed by atoms with E-state index in [2.05, 4.69) is 11.7 Å². The van der Waals surface area contributed by atoms with Crippen LogP contribution in [0.15, 0.2) is 11.8 Å². The minimum Gasteiger partial charge on any atom is -0.475 e. The van der Waals surface area contributed by atoms with E-state index in [1.54, 1.807) is 0 Å². The van der Waals surface area contributed by atoms with Crippen molar-refractivity contribution in [1.82, 2.24) is 0 Å². The summed E-state index contributed by atoms with van der Waals surface area (Å²) in [6.07, 6.45) is 5.10. The first kappa shape index (κ1) is 12.7. The fourth-order valence-electron chi connectivity index (χ4n) is 0.955. The van der Waals surface area contributed by atoms with Gasteiger partial charge in [-0.15, -0.1) is 0 Å². The molecule has 1 N–H and O–H groups in total. The fraction of sp³-hybridized carbons (Fsp3) is 0.600. The number of carbonyl (C=O) groups is 2. The number of hydrogen-bond acceptors (Lipinski definition) is 3. The highest BCUT2D eigenvalue weighted by Gasteiger charge is 2.10. The Kier molecular flexibility index (Phi) is 6.45. The summed E-state index contributed by atoms with van der Waals surface area (Å²) in [7, 11) is 0. The summed E-state index contributed by atoms with van der Waals surface area (Å²) in [4.78, 5) is 21.1. The maximum absolute atomic E-state index is 10.6. The van der Waals surface area contributed by atoms with Crippen LogP contribution in [-0.4, -0.2) is 17.0 Å². The van der Waals surface area contributed by atoms with Gasteiger partial charge in [0.05, 0.1) is 0 Å². The van der Waals surface area contributed by atoms with E-state index < -0.39 is 11.9 Å². The second-order valence-corrected chi connectivity index (χ2v) is 2.96. The van der Waals surface area contributed by atoms with Crippen LogP contribution in [0.4, 0.5) is 0 Å². The molecule has 80 valence electrons. The quantitative estimate of drug-likeness (QED) is 0.308. The molecule has 0 saturated heterocycles. The average molecular weight is 200 g/mol. The normalized spacial score (nSPS) is 11.1. The molecule has 0 aliphatic rings. The number of esters is 1. The van der Waals surface area contributed by atoms with Gasteiger partial charge in [0.2, 0.25) is 5.76 Å². The number of rotatable bonds is 6. The van der Waals surface area contributed by atoms with Crippen LogP contribution >= 0.6 is 0 Å². The van der Waals surface area contributed by atoms with Crippen molar-refractivity contribution in [2.75, 3.05) is 0 Å².